The van der Waals surface area contributed by atoms with E-state index in [1.807, 2.05) is 29.2 Å². The Bertz CT molecular complexity index is 386. The molecule has 0 bridgehead atoms. The molecule has 0 atom stereocenters. The van der Waals surface area contributed by atoms with Gasteiger partial charge in [-0.1, -0.05) is 22.0 Å². The molecule has 1 aromatic rings. The highest BCUT2D eigenvalue weighted by Crippen LogP contribution is 2.16. The van der Waals surface area contributed by atoms with Crippen LogP contribution < -0.4 is 5.73 Å². The second-order valence-corrected chi connectivity index (χ2v) is 5.06. The van der Waals surface area contributed by atoms with Crippen molar-refractivity contribution in [3.8, 4) is 0 Å². The third-order valence-electron chi connectivity index (χ3n) is 2.90. The number of likely N-dealkylation sites (tertiary alicyclic amines) is 1. The lowest BCUT2D eigenvalue weighted by Crippen LogP contribution is -2.42. The number of halogens is 1. The average Bonchev–Trinajstić information content (AvgIpc) is 2.29. The van der Waals surface area contributed by atoms with Crippen molar-refractivity contribution in [3.63, 3.8) is 0 Å². The first-order chi connectivity index (χ1) is 7.66. The molecule has 0 unspecified atom stereocenters. The molecule has 1 amide bonds. The Morgan fingerprint density at radius 3 is 2.69 bits per heavy atom. The van der Waals surface area contributed by atoms with Crippen LogP contribution in [0.5, 0.6) is 0 Å². The molecule has 2 rings (SSSR count). The van der Waals surface area contributed by atoms with E-state index in [9.17, 15) is 4.79 Å². The number of hydrogen-bond acceptors (Lipinski definition) is 2. The van der Waals surface area contributed by atoms with Crippen LogP contribution in [0.3, 0.4) is 0 Å². The van der Waals surface area contributed by atoms with Crippen molar-refractivity contribution in [1.82, 2.24) is 4.90 Å². The van der Waals surface area contributed by atoms with Crippen LogP contribution in [0.4, 0.5) is 0 Å². The van der Waals surface area contributed by atoms with Crippen molar-refractivity contribution >= 4 is 21.8 Å². The molecule has 1 aromatic carbocycles. The predicted molar refractivity (Wildman–Crippen MR) is 67.3 cm³/mol. The molecule has 0 radical (unpaired) electrons. The topological polar surface area (TPSA) is 46.3 Å². The molecule has 0 saturated carbocycles. The zero-order chi connectivity index (χ0) is 11.5. The minimum Gasteiger partial charge on any atom is -0.339 e. The first-order valence-electron chi connectivity index (χ1n) is 5.47. The van der Waals surface area contributed by atoms with Crippen LogP contribution in [-0.4, -0.2) is 29.9 Å². The van der Waals surface area contributed by atoms with Crippen molar-refractivity contribution in [2.45, 2.75) is 18.9 Å². The Balaban J connectivity index is 2.08. The monoisotopic (exact) mass is 282 g/mol. The number of benzene rings is 1. The quantitative estimate of drug-likeness (QED) is 0.857. The summed E-state index contributed by atoms with van der Waals surface area (Å²) < 4.78 is 0.937. The summed E-state index contributed by atoms with van der Waals surface area (Å²) in [5, 5.41) is 0. The highest BCUT2D eigenvalue weighted by Gasteiger charge is 2.21. The van der Waals surface area contributed by atoms with Gasteiger partial charge in [-0.2, -0.15) is 0 Å². The molecular formula is C12H15BrN2O. The highest BCUT2D eigenvalue weighted by atomic mass is 79.9. The molecule has 1 aliphatic rings. The van der Waals surface area contributed by atoms with E-state index in [4.69, 9.17) is 5.73 Å². The van der Waals surface area contributed by atoms with Crippen LogP contribution in [-0.2, 0) is 0 Å². The van der Waals surface area contributed by atoms with Crippen LogP contribution in [0, 0.1) is 0 Å². The fourth-order valence-corrected chi connectivity index (χ4v) is 2.31. The van der Waals surface area contributed by atoms with Crippen LogP contribution in [0.15, 0.2) is 28.7 Å². The van der Waals surface area contributed by atoms with Crippen LogP contribution >= 0.6 is 15.9 Å². The van der Waals surface area contributed by atoms with Gasteiger partial charge in [-0.3, -0.25) is 4.79 Å². The van der Waals surface area contributed by atoms with Crippen LogP contribution in [0.25, 0.3) is 0 Å². The van der Waals surface area contributed by atoms with Gasteiger partial charge >= 0.3 is 0 Å². The summed E-state index contributed by atoms with van der Waals surface area (Å²) in [5.41, 5.74) is 6.56. The fraction of sp³-hybridized carbons (Fsp3) is 0.417. The predicted octanol–water partition coefficient (Wildman–Crippen LogP) is 2.01. The van der Waals surface area contributed by atoms with Gasteiger partial charge in [-0.25, -0.2) is 0 Å². The van der Waals surface area contributed by atoms with Crippen molar-refractivity contribution in [2.24, 2.45) is 5.73 Å². The fourth-order valence-electron chi connectivity index (χ4n) is 1.91. The van der Waals surface area contributed by atoms with Gasteiger partial charge in [0.2, 0.25) is 0 Å². The minimum absolute atomic E-state index is 0.105. The maximum Gasteiger partial charge on any atom is 0.253 e. The van der Waals surface area contributed by atoms with E-state index in [0.29, 0.717) is 0 Å². The Kier molecular flexibility index (Phi) is 3.61. The smallest absolute Gasteiger partial charge is 0.253 e. The van der Waals surface area contributed by atoms with E-state index in [0.717, 1.165) is 36.0 Å². The second kappa shape index (κ2) is 4.97. The summed E-state index contributed by atoms with van der Waals surface area (Å²) in [6.07, 6.45) is 1.81. The van der Waals surface area contributed by atoms with E-state index in [1.54, 1.807) is 0 Å². The van der Waals surface area contributed by atoms with Gasteiger partial charge in [0, 0.05) is 29.2 Å². The van der Waals surface area contributed by atoms with E-state index < -0.39 is 0 Å². The zero-order valence-electron chi connectivity index (χ0n) is 9.03. The minimum atomic E-state index is 0.105. The molecule has 2 N–H and O–H groups in total. The number of hydrogen-bond donors (Lipinski definition) is 1. The number of amides is 1. The van der Waals surface area contributed by atoms with E-state index >= 15 is 0 Å². The Labute approximate surface area is 104 Å². The summed E-state index contributed by atoms with van der Waals surface area (Å²) in [5.74, 6) is 0.105. The van der Waals surface area contributed by atoms with E-state index in [1.165, 1.54) is 0 Å². The van der Waals surface area contributed by atoms with Gasteiger partial charge in [0.1, 0.15) is 0 Å². The molecule has 1 saturated heterocycles. The first kappa shape index (κ1) is 11.6. The highest BCUT2D eigenvalue weighted by molar-refractivity contribution is 9.10. The molecule has 1 heterocycles. The number of nitrogens with two attached hydrogens (primary N) is 1. The lowest BCUT2D eigenvalue weighted by Gasteiger charge is -2.30. The van der Waals surface area contributed by atoms with Gasteiger partial charge in [-0.15, -0.1) is 0 Å². The average molecular weight is 283 g/mol. The van der Waals surface area contributed by atoms with Crippen LogP contribution in [0.2, 0.25) is 0 Å². The molecule has 86 valence electrons. The second-order valence-electron chi connectivity index (χ2n) is 4.14. The number of carbonyl (C=O) groups excluding carboxylic acids is 1. The summed E-state index contributed by atoms with van der Waals surface area (Å²) in [4.78, 5) is 14.0. The molecule has 16 heavy (non-hydrogen) atoms. The molecule has 0 spiro atoms. The van der Waals surface area contributed by atoms with Crippen molar-refractivity contribution in [2.75, 3.05) is 13.1 Å². The number of rotatable bonds is 1. The lowest BCUT2D eigenvalue weighted by molar-refractivity contribution is 0.0714. The molecule has 0 aromatic heterocycles. The molecule has 3 nitrogen and oxygen atoms in total. The summed E-state index contributed by atoms with van der Waals surface area (Å²) >= 11 is 3.37. The Morgan fingerprint density at radius 1 is 1.38 bits per heavy atom. The SMILES string of the molecule is NC1CCN(C(=O)c2cccc(Br)c2)CC1. The van der Waals surface area contributed by atoms with Gasteiger partial charge in [0.15, 0.2) is 0 Å². The summed E-state index contributed by atoms with van der Waals surface area (Å²) in [7, 11) is 0. The maximum absolute atomic E-state index is 12.1. The number of piperidine rings is 1. The number of carbonyl (C=O) groups is 1. The third-order valence-corrected chi connectivity index (χ3v) is 3.39. The third kappa shape index (κ3) is 2.62. The lowest BCUT2D eigenvalue weighted by atomic mass is 10.1. The molecule has 1 fully saturated rings. The number of nitrogens with zero attached hydrogens (tertiary/aromatic N) is 1. The van der Waals surface area contributed by atoms with Gasteiger partial charge in [0.25, 0.3) is 5.91 Å². The normalized spacial score (nSPS) is 17.5. The van der Waals surface area contributed by atoms with Crippen molar-refractivity contribution < 1.29 is 4.79 Å². The Morgan fingerprint density at radius 2 is 2.06 bits per heavy atom. The first-order valence-corrected chi connectivity index (χ1v) is 6.26. The maximum atomic E-state index is 12.1. The van der Waals surface area contributed by atoms with Gasteiger partial charge in [-0.05, 0) is 31.0 Å². The van der Waals surface area contributed by atoms with Crippen LogP contribution in [0.1, 0.15) is 23.2 Å². The van der Waals surface area contributed by atoms with Crippen molar-refractivity contribution in [1.29, 1.82) is 0 Å². The molecule has 1 aliphatic heterocycles. The zero-order valence-corrected chi connectivity index (χ0v) is 10.6. The van der Waals surface area contributed by atoms with Crippen molar-refractivity contribution in [3.05, 3.63) is 34.3 Å². The van der Waals surface area contributed by atoms with Gasteiger partial charge in [0.05, 0.1) is 0 Å². The van der Waals surface area contributed by atoms with E-state index in [2.05, 4.69) is 15.9 Å². The summed E-state index contributed by atoms with van der Waals surface area (Å²) in [6, 6.07) is 7.76. The summed E-state index contributed by atoms with van der Waals surface area (Å²) in [6.45, 7) is 1.54. The largest absolute Gasteiger partial charge is 0.339 e. The van der Waals surface area contributed by atoms with Gasteiger partial charge < -0.3 is 10.6 Å². The van der Waals surface area contributed by atoms with E-state index in [-0.39, 0.29) is 11.9 Å². The Hall–Kier alpha value is -0.870. The molecule has 4 heteroatoms. The molecular weight excluding hydrogens is 268 g/mol. The standard InChI is InChI=1S/C12H15BrN2O/c13-10-3-1-2-9(8-10)12(16)15-6-4-11(14)5-7-15/h1-3,8,11H,4-7,14H2. The molecule has 0 aliphatic carbocycles.